The van der Waals surface area contributed by atoms with Gasteiger partial charge in [-0.15, -0.1) is 0 Å². The minimum atomic E-state index is -0.312. The normalized spacial score (nSPS) is 10.5. The van der Waals surface area contributed by atoms with E-state index in [4.69, 9.17) is 21.1 Å². The molecule has 48 heavy (non-hydrogen) atoms. The highest BCUT2D eigenvalue weighted by Gasteiger charge is 2.19. The average Bonchev–Trinajstić information content (AvgIpc) is 3.05. The van der Waals surface area contributed by atoms with E-state index in [1.54, 1.807) is 13.1 Å². The van der Waals surface area contributed by atoms with Crippen molar-refractivity contribution in [1.29, 1.82) is 0 Å². The maximum Gasteiger partial charge on any atom is 0.310 e. The van der Waals surface area contributed by atoms with Crippen molar-refractivity contribution in [2.45, 2.75) is 34.1 Å². The Bertz CT molecular complexity index is 2070. The molecule has 0 bridgehead atoms. The fourth-order valence-corrected chi connectivity index (χ4v) is 6.43. The number of hydrogen-bond acceptors (Lipinski definition) is 6. The number of esters is 2. The molecule has 2 heterocycles. The van der Waals surface area contributed by atoms with Crippen molar-refractivity contribution in [2.24, 2.45) is 0 Å². The number of carbonyl (C=O) groups is 2. The Kier molecular flexibility index (Phi) is 13.3. The molecule has 0 spiro atoms. The van der Waals surface area contributed by atoms with E-state index in [9.17, 15) is 9.59 Å². The third kappa shape index (κ3) is 8.86. The average molecular weight is 791 g/mol. The lowest BCUT2D eigenvalue weighted by Crippen LogP contribution is -2.10. The summed E-state index contributed by atoms with van der Waals surface area (Å²) in [6, 6.07) is 31.7. The monoisotopic (exact) mass is 788 g/mol. The Hall–Kier alpha value is -4.11. The van der Waals surface area contributed by atoms with Gasteiger partial charge in [0.05, 0.1) is 37.1 Å². The highest BCUT2D eigenvalue weighted by molar-refractivity contribution is 9.10. The minimum Gasteiger partial charge on any atom is -0.466 e. The maximum atomic E-state index is 12.0. The molecule has 6 rings (SSSR count). The van der Waals surface area contributed by atoms with Crippen molar-refractivity contribution in [3.05, 3.63) is 128 Å². The molecule has 0 aliphatic carbocycles. The number of fused-ring (bicyclic) bond motifs is 2. The summed E-state index contributed by atoms with van der Waals surface area (Å²) in [5, 5.41) is 2.32. The number of halogens is 3. The van der Waals surface area contributed by atoms with Crippen molar-refractivity contribution in [2.75, 3.05) is 13.2 Å². The SMILES string of the molecule is C.CCOC(=O)Cc1c(Cl)nc2ccccc2c1-c1cccc(Br)c1.CCOC(=O)Cc1cnc2ccccc2c1-c1cccc(Br)c1. The predicted octanol–water partition coefficient (Wildman–Crippen LogP) is 10.8. The van der Waals surface area contributed by atoms with Crippen LogP contribution in [0.25, 0.3) is 44.1 Å². The predicted molar refractivity (Wildman–Crippen MR) is 202 cm³/mol. The summed E-state index contributed by atoms with van der Waals surface area (Å²) in [5.74, 6) is -0.548. The largest absolute Gasteiger partial charge is 0.466 e. The Morgan fingerprint density at radius 3 is 1.79 bits per heavy atom. The van der Waals surface area contributed by atoms with Gasteiger partial charge in [-0.2, -0.15) is 0 Å². The second kappa shape index (κ2) is 17.3. The number of pyridine rings is 2. The van der Waals surface area contributed by atoms with Crippen molar-refractivity contribution < 1.29 is 19.1 Å². The first-order valence-corrected chi connectivity index (χ1v) is 17.0. The van der Waals surface area contributed by atoms with Gasteiger partial charge in [0.2, 0.25) is 0 Å². The zero-order valence-corrected chi connectivity index (χ0v) is 29.7. The first-order valence-electron chi connectivity index (χ1n) is 15.1. The number of benzene rings is 4. The van der Waals surface area contributed by atoms with Crippen LogP contribution < -0.4 is 0 Å². The van der Waals surface area contributed by atoms with Gasteiger partial charge >= 0.3 is 11.9 Å². The maximum absolute atomic E-state index is 12.0. The van der Waals surface area contributed by atoms with Gasteiger partial charge in [0.15, 0.2) is 0 Å². The van der Waals surface area contributed by atoms with Gasteiger partial charge in [-0.25, -0.2) is 4.98 Å². The third-order valence-corrected chi connectivity index (χ3v) is 8.59. The number of para-hydroxylation sites is 2. The van der Waals surface area contributed by atoms with Crippen LogP contribution in [0.5, 0.6) is 0 Å². The smallest absolute Gasteiger partial charge is 0.310 e. The van der Waals surface area contributed by atoms with Gasteiger partial charge in [0.25, 0.3) is 0 Å². The summed E-state index contributed by atoms with van der Waals surface area (Å²) in [5.41, 5.74) is 7.25. The summed E-state index contributed by atoms with van der Waals surface area (Å²) >= 11 is 13.4. The minimum absolute atomic E-state index is 0. The van der Waals surface area contributed by atoms with Crippen LogP contribution in [0.15, 0.2) is 112 Å². The van der Waals surface area contributed by atoms with Gasteiger partial charge in [-0.05, 0) is 78.1 Å². The fraction of sp³-hybridized carbons (Fsp3) is 0.179. The summed E-state index contributed by atoms with van der Waals surface area (Å²) in [4.78, 5) is 32.9. The Morgan fingerprint density at radius 1 is 0.688 bits per heavy atom. The van der Waals surface area contributed by atoms with E-state index in [-0.39, 0.29) is 32.2 Å². The molecule has 0 aliphatic rings. The molecule has 6 nitrogen and oxygen atoms in total. The van der Waals surface area contributed by atoms with Crippen LogP contribution in [0.3, 0.4) is 0 Å². The van der Waals surface area contributed by atoms with Gasteiger partial charge in [0.1, 0.15) is 5.15 Å². The lowest BCUT2D eigenvalue weighted by Gasteiger charge is -2.15. The molecule has 0 aliphatic heterocycles. The lowest BCUT2D eigenvalue weighted by atomic mass is 9.95. The molecular formula is C39H35Br2ClN2O4. The number of carbonyl (C=O) groups excluding carboxylic acids is 2. The van der Waals surface area contributed by atoms with Crippen LogP contribution >= 0.6 is 43.5 Å². The van der Waals surface area contributed by atoms with E-state index < -0.39 is 0 Å². The topological polar surface area (TPSA) is 78.4 Å². The molecule has 0 radical (unpaired) electrons. The van der Waals surface area contributed by atoms with Gasteiger partial charge in [-0.3, -0.25) is 14.6 Å². The summed E-state index contributed by atoms with van der Waals surface area (Å²) in [6.07, 6.45) is 2.08. The van der Waals surface area contributed by atoms with E-state index in [0.717, 1.165) is 58.6 Å². The highest BCUT2D eigenvalue weighted by atomic mass is 79.9. The van der Waals surface area contributed by atoms with Crippen molar-refractivity contribution in [3.8, 4) is 22.3 Å². The van der Waals surface area contributed by atoms with Gasteiger partial charge in [0, 0.05) is 31.5 Å². The molecule has 0 atom stereocenters. The van der Waals surface area contributed by atoms with Crippen molar-refractivity contribution in [3.63, 3.8) is 0 Å². The third-order valence-electron chi connectivity index (χ3n) is 7.29. The number of nitrogens with zero attached hydrogens (tertiary/aromatic N) is 2. The highest BCUT2D eigenvalue weighted by Crippen LogP contribution is 2.37. The van der Waals surface area contributed by atoms with Crippen LogP contribution in [0.4, 0.5) is 0 Å². The zero-order chi connectivity index (χ0) is 33.3. The number of ether oxygens (including phenoxy) is 2. The standard InChI is InChI=1S/C19H15BrClNO2.C19H16BrNO2.CH4/c1-2-24-17(23)11-15-18(12-6-5-7-13(20)10-12)14-8-3-4-9-16(14)22-19(15)21;1-2-23-18(22)11-14-12-21-17-9-4-3-8-16(17)19(14)13-6-5-7-15(20)10-13;/h3-10H,2,11H2,1H3;3-10,12H,2,11H2,1H3;1H4. The van der Waals surface area contributed by atoms with Crippen LogP contribution in [0.1, 0.15) is 32.4 Å². The molecule has 0 saturated carbocycles. The van der Waals surface area contributed by atoms with Gasteiger partial charge < -0.3 is 9.47 Å². The first kappa shape index (κ1) is 36.7. The molecule has 4 aromatic carbocycles. The van der Waals surface area contributed by atoms with Crippen LogP contribution in [-0.2, 0) is 31.9 Å². The molecule has 6 aromatic rings. The molecular weight excluding hydrogens is 756 g/mol. The van der Waals surface area contributed by atoms with E-state index in [1.165, 1.54) is 0 Å². The molecule has 2 aromatic heterocycles. The Morgan fingerprint density at radius 2 is 1.21 bits per heavy atom. The van der Waals surface area contributed by atoms with Gasteiger partial charge in [-0.1, -0.05) is 112 Å². The molecule has 0 unspecified atom stereocenters. The second-order valence-electron chi connectivity index (χ2n) is 10.4. The second-order valence-corrected chi connectivity index (χ2v) is 12.6. The van der Waals surface area contributed by atoms with E-state index in [1.807, 2.05) is 97.9 Å². The fourth-order valence-electron chi connectivity index (χ4n) is 5.38. The molecule has 9 heteroatoms. The lowest BCUT2D eigenvalue weighted by molar-refractivity contribution is -0.143. The summed E-state index contributed by atoms with van der Waals surface area (Å²) in [7, 11) is 0. The molecule has 0 N–H and O–H groups in total. The van der Waals surface area contributed by atoms with Crippen LogP contribution in [0.2, 0.25) is 5.15 Å². The zero-order valence-electron chi connectivity index (χ0n) is 25.8. The number of aromatic nitrogens is 2. The van der Waals surface area contributed by atoms with Crippen molar-refractivity contribution in [1.82, 2.24) is 9.97 Å². The Balaban J connectivity index is 0.000000212. The quantitative estimate of drug-likeness (QED) is 0.113. The molecule has 0 amide bonds. The van der Waals surface area contributed by atoms with Crippen LogP contribution in [0, 0.1) is 0 Å². The molecule has 0 fully saturated rings. The summed E-state index contributed by atoms with van der Waals surface area (Å²) < 4.78 is 12.1. The van der Waals surface area contributed by atoms with Crippen LogP contribution in [-0.4, -0.2) is 35.1 Å². The van der Waals surface area contributed by atoms with E-state index in [0.29, 0.717) is 23.9 Å². The number of hydrogen-bond donors (Lipinski definition) is 0. The summed E-state index contributed by atoms with van der Waals surface area (Å²) in [6.45, 7) is 4.31. The Labute approximate surface area is 302 Å². The van der Waals surface area contributed by atoms with E-state index in [2.05, 4.69) is 47.9 Å². The molecule has 0 saturated heterocycles. The number of rotatable bonds is 8. The van der Waals surface area contributed by atoms with E-state index >= 15 is 0 Å². The van der Waals surface area contributed by atoms with Crippen molar-refractivity contribution >= 4 is 77.2 Å². The first-order chi connectivity index (χ1) is 22.8. The molecule has 246 valence electrons.